The van der Waals surface area contributed by atoms with E-state index in [9.17, 15) is 4.79 Å². The van der Waals surface area contributed by atoms with Crippen molar-refractivity contribution in [3.8, 4) is 0 Å². The monoisotopic (exact) mass is 214 g/mol. The van der Waals surface area contributed by atoms with Gasteiger partial charge in [-0.1, -0.05) is 36.5 Å². The number of nitrogens with zero attached hydrogens (tertiary/aromatic N) is 1. The lowest BCUT2D eigenvalue weighted by Crippen LogP contribution is -2.11. The quantitative estimate of drug-likeness (QED) is 0.535. The molecule has 0 spiro atoms. The van der Waals surface area contributed by atoms with Crippen molar-refractivity contribution in [1.82, 2.24) is 0 Å². The molecule has 1 unspecified atom stereocenters. The minimum absolute atomic E-state index is 0.123. The number of fused-ring (bicyclic) bond motifs is 1. The van der Waals surface area contributed by atoms with Crippen molar-refractivity contribution in [2.24, 2.45) is 4.99 Å². The third-order valence-corrected chi connectivity index (χ3v) is 2.22. The van der Waals surface area contributed by atoms with Gasteiger partial charge < -0.3 is 0 Å². The van der Waals surface area contributed by atoms with Crippen molar-refractivity contribution < 1.29 is 9.59 Å². The fourth-order valence-electron chi connectivity index (χ4n) is 1.59. The normalized spacial score (nSPS) is 20.1. The van der Waals surface area contributed by atoms with E-state index in [-0.39, 0.29) is 6.04 Å². The van der Waals surface area contributed by atoms with Crippen LogP contribution in [-0.4, -0.2) is 18.2 Å². The highest BCUT2D eigenvalue weighted by molar-refractivity contribution is 5.51. The van der Waals surface area contributed by atoms with E-state index in [0.29, 0.717) is 0 Å². The van der Waals surface area contributed by atoms with Gasteiger partial charge in [-0.05, 0) is 17.6 Å². The fraction of sp³-hybridized carbons (Fsp3) is 0.167. The smallest absolute Gasteiger partial charge is 0.222 e. The lowest BCUT2D eigenvalue weighted by Gasteiger charge is -2.19. The van der Waals surface area contributed by atoms with Crippen LogP contribution in [0.25, 0.3) is 0 Å². The molecule has 0 saturated carbocycles. The molecule has 1 atom stereocenters. The summed E-state index contributed by atoms with van der Waals surface area (Å²) < 4.78 is 0. The Labute approximate surface area is 92.9 Å². The lowest BCUT2D eigenvalue weighted by atomic mass is 9.89. The highest BCUT2D eigenvalue weighted by Gasteiger charge is 2.17. The second-order valence-electron chi connectivity index (χ2n) is 3.10. The topological polar surface area (TPSA) is 70.3 Å². The first-order chi connectivity index (χ1) is 7.83. The molecule has 0 fully saturated rings. The summed E-state index contributed by atoms with van der Waals surface area (Å²) in [5.41, 5.74) is 2.36. The second-order valence-corrected chi connectivity index (χ2v) is 3.10. The van der Waals surface area contributed by atoms with E-state index in [2.05, 4.69) is 17.1 Å². The van der Waals surface area contributed by atoms with Crippen LogP contribution in [0.15, 0.2) is 52.6 Å². The zero-order valence-corrected chi connectivity index (χ0v) is 8.51. The van der Waals surface area contributed by atoms with Gasteiger partial charge >= 0.3 is 0 Å². The largest absolute Gasteiger partial charge is 0.235 e. The van der Waals surface area contributed by atoms with Crippen LogP contribution in [0.1, 0.15) is 6.42 Å². The van der Waals surface area contributed by atoms with E-state index in [1.807, 2.05) is 24.3 Å². The van der Waals surface area contributed by atoms with E-state index in [1.54, 1.807) is 6.08 Å². The number of rotatable bonds is 1. The Hall–Kier alpha value is -2.28. The molecule has 2 rings (SSSR count). The maximum absolute atomic E-state index is 10.2. The van der Waals surface area contributed by atoms with Crippen LogP contribution in [0.5, 0.6) is 0 Å². The zero-order chi connectivity index (χ0) is 11.8. The van der Waals surface area contributed by atoms with Crippen molar-refractivity contribution in [3.05, 3.63) is 47.6 Å². The minimum atomic E-state index is -0.123. The maximum atomic E-state index is 10.2. The molecule has 0 aliphatic heterocycles. The Bertz CT molecular complexity index is 457. The zero-order valence-electron chi connectivity index (χ0n) is 8.51. The molecule has 4 heteroatoms. The molecule has 80 valence electrons. The Morgan fingerprint density at radius 1 is 1.31 bits per heavy atom. The molecule has 2 aliphatic carbocycles. The summed E-state index contributed by atoms with van der Waals surface area (Å²) in [4.78, 5) is 22.2. The Kier molecular flexibility index (Phi) is 4.61. The van der Waals surface area contributed by atoms with E-state index >= 15 is 0 Å². The summed E-state index contributed by atoms with van der Waals surface area (Å²) in [6, 6.07) is -0.123. The first-order valence-corrected chi connectivity index (χ1v) is 4.68. The van der Waals surface area contributed by atoms with Crippen molar-refractivity contribution >= 4 is 12.2 Å². The number of aliphatic imine (C=N–C) groups is 1. The third-order valence-electron chi connectivity index (χ3n) is 2.22. The molecule has 0 aromatic rings. The highest BCUT2D eigenvalue weighted by Crippen LogP contribution is 2.27. The molecule has 1 N–H and O–H groups in total. The predicted molar refractivity (Wildman–Crippen MR) is 59.4 cm³/mol. The molecular weight excluding hydrogens is 204 g/mol. The van der Waals surface area contributed by atoms with Gasteiger partial charge in [0.2, 0.25) is 12.2 Å². The number of isocyanates is 2. The molecule has 0 aromatic carbocycles. The maximum Gasteiger partial charge on any atom is 0.235 e. The van der Waals surface area contributed by atoms with Crippen molar-refractivity contribution in [2.75, 3.05) is 0 Å². The molecule has 2 aliphatic rings. The SMILES string of the molecule is N=C=O.O=C=NC1C=CC=C2CC=CC=C21. The Morgan fingerprint density at radius 3 is 2.75 bits per heavy atom. The van der Waals surface area contributed by atoms with Crippen LogP contribution in [-0.2, 0) is 9.59 Å². The second kappa shape index (κ2) is 6.25. The van der Waals surface area contributed by atoms with E-state index < -0.39 is 0 Å². The van der Waals surface area contributed by atoms with Crippen molar-refractivity contribution in [2.45, 2.75) is 12.5 Å². The first kappa shape index (κ1) is 11.8. The number of hydrogen-bond acceptors (Lipinski definition) is 4. The highest BCUT2D eigenvalue weighted by atomic mass is 16.1. The molecular formula is C12H10N2O2. The van der Waals surface area contributed by atoms with Gasteiger partial charge in [0, 0.05) is 0 Å². The average molecular weight is 214 g/mol. The van der Waals surface area contributed by atoms with Gasteiger partial charge in [0.25, 0.3) is 0 Å². The van der Waals surface area contributed by atoms with Crippen molar-refractivity contribution in [3.63, 3.8) is 0 Å². The van der Waals surface area contributed by atoms with Crippen LogP contribution in [0.3, 0.4) is 0 Å². The van der Waals surface area contributed by atoms with Crippen LogP contribution in [0, 0.1) is 5.41 Å². The van der Waals surface area contributed by atoms with Crippen molar-refractivity contribution in [1.29, 1.82) is 5.41 Å². The van der Waals surface area contributed by atoms with Gasteiger partial charge in [0.1, 0.15) is 6.04 Å². The molecule has 4 nitrogen and oxygen atoms in total. The Morgan fingerprint density at radius 2 is 2.06 bits per heavy atom. The summed E-state index contributed by atoms with van der Waals surface area (Å²) in [6.45, 7) is 0. The van der Waals surface area contributed by atoms with Crippen LogP contribution in [0.2, 0.25) is 0 Å². The van der Waals surface area contributed by atoms with Gasteiger partial charge in [-0.2, -0.15) is 4.99 Å². The summed E-state index contributed by atoms with van der Waals surface area (Å²) >= 11 is 0. The fourth-order valence-corrected chi connectivity index (χ4v) is 1.59. The average Bonchev–Trinajstić information content (AvgIpc) is 2.31. The number of carbonyl (C=O) groups excluding carboxylic acids is 2. The molecule has 16 heavy (non-hydrogen) atoms. The first-order valence-electron chi connectivity index (χ1n) is 4.68. The van der Waals surface area contributed by atoms with Gasteiger partial charge in [-0.15, -0.1) is 0 Å². The van der Waals surface area contributed by atoms with Gasteiger partial charge in [-0.3, -0.25) is 0 Å². The van der Waals surface area contributed by atoms with E-state index in [1.165, 1.54) is 5.57 Å². The lowest BCUT2D eigenvalue weighted by molar-refractivity contribution is 0.561. The summed E-state index contributed by atoms with van der Waals surface area (Å²) in [5.74, 6) is 0. The van der Waals surface area contributed by atoms with Gasteiger partial charge in [0.05, 0.1) is 0 Å². The van der Waals surface area contributed by atoms with Crippen LogP contribution in [0.4, 0.5) is 0 Å². The molecule has 0 radical (unpaired) electrons. The molecule has 0 aromatic heterocycles. The number of hydrogen-bond donors (Lipinski definition) is 1. The summed E-state index contributed by atoms with van der Waals surface area (Å²) in [5, 5.41) is 5.40. The summed E-state index contributed by atoms with van der Waals surface area (Å²) in [7, 11) is 0. The van der Waals surface area contributed by atoms with Crippen LogP contribution < -0.4 is 0 Å². The molecule has 0 saturated heterocycles. The van der Waals surface area contributed by atoms with Crippen LogP contribution >= 0.6 is 0 Å². The van der Waals surface area contributed by atoms with Gasteiger partial charge in [0.15, 0.2) is 0 Å². The van der Waals surface area contributed by atoms with Gasteiger partial charge in [-0.25, -0.2) is 15.0 Å². The summed E-state index contributed by atoms with van der Waals surface area (Å²) in [6.07, 6.45) is 15.3. The van der Waals surface area contributed by atoms with E-state index in [4.69, 9.17) is 10.2 Å². The third kappa shape index (κ3) is 2.85. The standard InChI is InChI=1S/C11H9NO.CHNO/c13-8-12-11-7-3-5-9-4-1-2-6-10(9)11;2-1-3/h1-3,5-7,11H,4H2;2H. The number of nitrogens with one attached hydrogen (secondary N) is 1. The molecule has 0 amide bonds. The predicted octanol–water partition coefficient (Wildman–Crippen LogP) is 1.97. The Balaban J connectivity index is 0.000000386. The van der Waals surface area contributed by atoms with E-state index in [0.717, 1.165) is 18.1 Å². The number of allylic oxidation sites excluding steroid dienone is 5. The minimum Gasteiger partial charge on any atom is -0.222 e. The molecule has 0 bridgehead atoms. The molecule has 0 heterocycles.